The van der Waals surface area contributed by atoms with Gasteiger partial charge in [0.15, 0.2) is 0 Å². The Morgan fingerprint density at radius 2 is 1.74 bits per heavy atom. The normalized spacial score (nSPS) is 11.0. The Hall–Kier alpha value is -2.68. The maximum atomic E-state index is 12.3. The summed E-state index contributed by atoms with van der Waals surface area (Å²) in [7, 11) is -2.00. The zero-order valence-electron chi connectivity index (χ0n) is 15.0. The minimum Gasteiger partial charge on any atom is -0.491 e. The third-order valence-electron chi connectivity index (χ3n) is 3.51. The van der Waals surface area contributed by atoms with Crippen LogP contribution in [0.1, 0.15) is 10.4 Å². The van der Waals surface area contributed by atoms with Crippen molar-refractivity contribution in [3.05, 3.63) is 66.7 Å². The molecule has 0 saturated carbocycles. The number of carbonyl (C=O) groups is 1. The third kappa shape index (κ3) is 6.21. The molecule has 2 aromatic carbocycles. The molecule has 0 unspecified atom stereocenters. The molecule has 2 N–H and O–H groups in total. The fourth-order valence-corrected chi connectivity index (χ4v) is 3.12. The molecule has 0 aliphatic heterocycles. The first-order chi connectivity index (χ1) is 13.0. The summed E-state index contributed by atoms with van der Waals surface area (Å²) >= 11 is 0. The fraction of sp³-hybridized carbons (Fsp3) is 0.211. The van der Waals surface area contributed by atoms with Crippen molar-refractivity contribution in [3.8, 4) is 5.75 Å². The van der Waals surface area contributed by atoms with Gasteiger partial charge in [-0.05, 0) is 48.5 Å². The van der Waals surface area contributed by atoms with Crippen molar-refractivity contribution in [2.45, 2.75) is 4.90 Å². The number of rotatable bonds is 10. The lowest BCUT2D eigenvalue weighted by molar-refractivity contribution is 0.102. The largest absolute Gasteiger partial charge is 0.491 e. The van der Waals surface area contributed by atoms with E-state index in [1.165, 1.54) is 30.3 Å². The summed E-state index contributed by atoms with van der Waals surface area (Å²) in [6.07, 6.45) is 1.46. The van der Waals surface area contributed by atoms with E-state index in [1.54, 1.807) is 31.4 Å². The van der Waals surface area contributed by atoms with Gasteiger partial charge >= 0.3 is 0 Å². The molecule has 0 radical (unpaired) electrons. The number of nitrogens with one attached hydrogen (secondary N) is 2. The number of ether oxygens (including phenoxy) is 2. The molecule has 2 aromatic rings. The summed E-state index contributed by atoms with van der Waals surface area (Å²) in [6.45, 7) is 4.53. The summed E-state index contributed by atoms with van der Waals surface area (Å²) in [5, 5.41) is 2.72. The Labute approximate surface area is 159 Å². The van der Waals surface area contributed by atoms with E-state index in [2.05, 4.69) is 16.6 Å². The van der Waals surface area contributed by atoms with Crippen molar-refractivity contribution in [2.24, 2.45) is 0 Å². The van der Waals surface area contributed by atoms with E-state index >= 15 is 0 Å². The Morgan fingerprint density at radius 1 is 1.07 bits per heavy atom. The second-order valence-corrected chi connectivity index (χ2v) is 7.25. The van der Waals surface area contributed by atoms with E-state index in [1.807, 2.05) is 0 Å². The number of carbonyl (C=O) groups excluding carboxylic acids is 1. The first kappa shape index (κ1) is 20.6. The molecule has 27 heavy (non-hydrogen) atoms. The second kappa shape index (κ2) is 9.86. The lowest BCUT2D eigenvalue weighted by Gasteiger charge is -2.09. The standard InChI is InChI=1S/C19H22N2O5S/c1-3-12-20-27(23,24)18-10-6-16(7-11-18)21-19(22)15-4-8-17(9-5-15)26-14-13-25-2/h3-11,20H,1,12-14H2,2H3,(H,21,22). The van der Waals surface area contributed by atoms with Crippen molar-refractivity contribution in [1.29, 1.82) is 0 Å². The molecule has 8 heteroatoms. The SMILES string of the molecule is C=CCNS(=O)(=O)c1ccc(NC(=O)c2ccc(OCCOC)cc2)cc1. The van der Waals surface area contributed by atoms with Crippen LogP contribution in [0.15, 0.2) is 66.1 Å². The Bertz CT molecular complexity index is 862. The third-order valence-corrected chi connectivity index (χ3v) is 4.95. The molecule has 0 fully saturated rings. The highest BCUT2D eigenvalue weighted by atomic mass is 32.2. The number of benzene rings is 2. The molecule has 1 amide bonds. The van der Waals surface area contributed by atoms with E-state index < -0.39 is 10.0 Å². The average Bonchev–Trinajstić information content (AvgIpc) is 2.67. The molecule has 0 saturated heterocycles. The summed E-state index contributed by atoms with van der Waals surface area (Å²) in [4.78, 5) is 12.4. The molecule has 0 atom stereocenters. The highest BCUT2D eigenvalue weighted by Gasteiger charge is 2.13. The molecular formula is C19H22N2O5S. The molecule has 144 valence electrons. The zero-order chi connectivity index (χ0) is 19.7. The van der Waals surface area contributed by atoms with Gasteiger partial charge in [0, 0.05) is 24.9 Å². The molecule has 0 heterocycles. The van der Waals surface area contributed by atoms with Crippen LogP contribution in [-0.2, 0) is 14.8 Å². The number of hydrogen-bond donors (Lipinski definition) is 2. The van der Waals surface area contributed by atoms with Crippen LogP contribution in [0.2, 0.25) is 0 Å². The molecule has 0 spiro atoms. The Morgan fingerprint density at radius 3 is 2.33 bits per heavy atom. The van der Waals surface area contributed by atoms with Crippen molar-refractivity contribution in [3.63, 3.8) is 0 Å². The van der Waals surface area contributed by atoms with Gasteiger partial charge in [0.1, 0.15) is 12.4 Å². The molecule has 0 bridgehead atoms. The van der Waals surface area contributed by atoms with Gasteiger partial charge < -0.3 is 14.8 Å². The van der Waals surface area contributed by atoms with E-state index in [-0.39, 0.29) is 17.3 Å². The van der Waals surface area contributed by atoms with Crippen LogP contribution in [0.25, 0.3) is 0 Å². The van der Waals surface area contributed by atoms with Crippen molar-refractivity contribution < 1.29 is 22.7 Å². The highest BCUT2D eigenvalue weighted by molar-refractivity contribution is 7.89. The number of anilines is 1. The molecule has 0 aliphatic rings. The van der Waals surface area contributed by atoms with Crippen LogP contribution in [-0.4, -0.2) is 41.2 Å². The predicted octanol–water partition coefficient (Wildman–Crippen LogP) is 2.43. The maximum Gasteiger partial charge on any atom is 0.255 e. The van der Waals surface area contributed by atoms with Crippen LogP contribution >= 0.6 is 0 Å². The van der Waals surface area contributed by atoms with Crippen molar-refractivity contribution in [1.82, 2.24) is 4.72 Å². The lowest BCUT2D eigenvalue weighted by atomic mass is 10.2. The van der Waals surface area contributed by atoms with Gasteiger partial charge in [-0.2, -0.15) is 0 Å². The van der Waals surface area contributed by atoms with E-state index in [0.29, 0.717) is 30.2 Å². The molecule has 7 nitrogen and oxygen atoms in total. The second-order valence-electron chi connectivity index (χ2n) is 5.48. The topological polar surface area (TPSA) is 93.7 Å². The van der Waals surface area contributed by atoms with Crippen LogP contribution in [0.3, 0.4) is 0 Å². The number of methoxy groups -OCH3 is 1. The molecule has 2 rings (SSSR count). The molecule has 0 aromatic heterocycles. The van der Waals surface area contributed by atoms with Gasteiger partial charge in [-0.3, -0.25) is 4.79 Å². The lowest BCUT2D eigenvalue weighted by Crippen LogP contribution is -2.23. The highest BCUT2D eigenvalue weighted by Crippen LogP contribution is 2.16. The van der Waals surface area contributed by atoms with E-state index in [4.69, 9.17) is 9.47 Å². The van der Waals surface area contributed by atoms with Gasteiger partial charge in [-0.25, -0.2) is 13.1 Å². The van der Waals surface area contributed by atoms with Crippen molar-refractivity contribution in [2.75, 3.05) is 32.2 Å². The fourth-order valence-electron chi connectivity index (χ4n) is 2.12. The summed E-state index contributed by atoms with van der Waals surface area (Å²) in [5.41, 5.74) is 0.946. The predicted molar refractivity (Wildman–Crippen MR) is 104 cm³/mol. The minimum atomic E-state index is -3.59. The maximum absolute atomic E-state index is 12.3. The van der Waals surface area contributed by atoms with Gasteiger partial charge in [0.25, 0.3) is 5.91 Å². The summed E-state index contributed by atoms with van der Waals surface area (Å²) in [6, 6.07) is 12.6. The average molecular weight is 390 g/mol. The monoisotopic (exact) mass is 390 g/mol. The quantitative estimate of drug-likeness (QED) is 0.480. The number of hydrogen-bond acceptors (Lipinski definition) is 5. The van der Waals surface area contributed by atoms with Gasteiger partial charge in [-0.1, -0.05) is 6.08 Å². The smallest absolute Gasteiger partial charge is 0.255 e. The molecule has 0 aliphatic carbocycles. The number of sulfonamides is 1. The van der Waals surface area contributed by atoms with E-state index in [0.717, 1.165) is 0 Å². The zero-order valence-corrected chi connectivity index (χ0v) is 15.8. The Kier molecular flexibility index (Phi) is 7.54. The van der Waals surface area contributed by atoms with Crippen LogP contribution in [0.4, 0.5) is 5.69 Å². The van der Waals surface area contributed by atoms with Gasteiger partial charge in [-0.15, -0.1) is 6.58 Å². The van der Waals surface area contributed by atoms with Crippen LogP contribution < -0.4 is 14.8 Å². The minimum absolute atomic E-state index is 0.111. The summed E-state index contributed by atoms with van der Waals surface area (Å²) in [5.74, 6) is 0.337. The first-order valence-electron chi connectivity index (χ1n) is 8.20. The summed E-state index contributed by atoms with van der Waals surface area (Å²) < 4.78 is 36.7. The first-order valence-corrected chi connectivity index (χ1v) is 9.68. The van der Waals surface area contributed by atoms with Crippen LogP contribution in [0.5, 0.6) is 5.75 Å². The van der Waals surface area contributed by atoms with Gasteiger partial charge in [0.2, 0.25) is 10.0 Å². The van der Waals surface area contributed by atoms with Crippen LogP contribution in [0, 0.1) is 0 Å². The number of amides is 1. The molecular weight excluding hydrogens is 368 g/mol. The van der Waals surface area contributed by atoms with E-state index in [9.17, 15) is 13.2 Å². The van der Waals surface area contributed by atoms with Gasteiger partial charge in [0.05, 0.1) is 11.5 Å². The van der Waals surface area contributed by atoms with Crippen molar-refractivity contribution >= 4 is 21.6 Å². The Balaban J connectivity index is 1.98.